The average Bonchev–Trinajstić information content (AvgIpc) is 2.68. The molecule has 0 saturated carbocycles. The quantitative estimate of drug-likeness (QED) is 0.449. The number of hydrogen-bond acceptors (Lipinski definition) is 5. The Kier molecular flexibility index (Phi) is 3.00. The van der Waals surface area contributed by atoms with Gasteiger partial charge in [0.05, 0.1) is 24.4 Å². The summed E-state index contributed by atoms with van der Waals surface area (Å²) in [5.74, 6) is 5.09. The number of hydrogen-bond donors (Lipinski definition) is 1. The van der Waals surface area contributed by atoms with Crippen molar-refractivity contribution in [3.05, 3.63) is 17.0 Å². The fourth-order valence-electron chi connectivity index (χ4n) is 1.44. The van der Waals surface area contributed by atoms with Gasteiger partial charge in [0, 0.05) is 18.0 Å². The average molecular weight is 211 g/mol. The monoisotopic (exact) mass is 211 g/mol. The van der Waals surface area contributed by atoms with Gasteiger partial charge in [-0.15, -0.1) is 11.3 Å². The van der Waals surface area contributed by atoms with Crippen LogP contribution in [0.15, 0.2) is 17.2 Å². The summed E-state index contributed by atoms with van der Waals surface area (Å²) in [4.78, 5) is 3.41. The molecule has 2 heterocycles. The van der Waals surface area contributed by atoms with Crippen LogP contribution in [0.3, 0.4) is 0 Å². The van der Waals surface area contributed by atoms with Crippen LogP contribution >= 0.6 is 11.3 Å². The van der Waals surface area contributed by atoms with Crippen molar-refractivity contribution in [1.82, 2.24) is 0 Å². The van der Waals surface area contributed by atoms with Crippen molar-refractivity contribution in [2.45, 2.75) is 0 Å². The van der Waals surface area contributed by atoms with Crippen molar-refractivity contribution in [3.8, 4) is 0 Å². The molecule has 2 rings (SSSR count). The second-order valence-corrected chi connectivity index (χ2v) is 4.15. The highest BCUT2D eigenvalue weighted by molar-refractivity contribution is 7.17. The molecule has 1 aliphatic heterocycles. The van der Waals surface area contributed by atoms with Crippen LogP contribution in [0.5, 0.6) is 0 Å². The van der Waals surface area contributed by atoms with Crippen molar-refractivity contribution in [2.24, 2.45) is 10.9 Å². The molecule has 0 unspecified atom stereocenters. The molecule has 4 nitrogen and oxygen atoms in total. The van der Waals surface area contributed by atoms with Gasteiger partial charge in [0.1, 0.15) is 0 Å². The third-order valence-corrected chi connectivity index (χ3v) is 3.22. The molecule has 14 heavy (non-hydrogen) atoms. The van der Waals surface area contributed by atoms with Gasteiger partial charge in [-0.2, -0.15) is 5.10 Å². The summed E-state index contributed by atoms with van der Waals surface area (Å²) in [7, 11) is 0. The maximum absolute atomic E-state index is 5.29. The molecule has 76 valence electrons. The van der Waals surface area contributed by atoms with Crippen LogP contribution in [0.4, 0.5) is 5.00 Å². The maximum Gasteiger partial charge on any atom is 0.0916 e. The van der Waals surface area contributed by atoms with E-state index in [1.165, 1.54) is 5.00 Å². The first-order valence-corrected chi connectivity index (χ1v) is 5.37. The second-order valence-electron chi connectivity index (χ2n) is 3.05. The molecule has 1 saturated heterocycles. The second kappa shape index (κ2) is 4.43. The third-order valence-electron chi connectivity index (χ3n) is 2.14. The van der Waals surface area contributed by atoms with Crippen molar-refractivity contribution in [1.29, 1.82) is 0 Å². The minimum atomic E-state index is 0.818. The summed E-state index contributed by atoms with van der Waals surface area (Å²) < 4.78 is 5.29. The normalized spacial score (nSPS) is 17.9. The van der Waals surface area contributed by atoms with Crippen LogP contribution < -0.4 is 10.7 Å². The SMILES string of the molecule is N/N=C\c1ccc(N2CCOCC2)s1. The van der Waals surface area contributed by atoms with E-state index < -0.39 is 0 Å². The van der Waals surface area contributed by atoms with Crippen LogP contribution in [-0.2, 0) is 4.74 Å². The van der Waals surface area contributed by atoms with Gasteiger partial charge in [-0.1, -0.05) is 0 Å². The number of anilines is 1. The fraction of sp³-hybridized carbons (Fsp3) is 0.444. The number of rotatable bonds is 2. The number of hydrazone groups is 1. The molecule has 1 aromatic heterocycles. The molecule has 5 heteroatoms. The highest BCUT2D eigenvalue weighted by atomic mass is 32.1. The lowest BCUT2D eigenvalue weighted by atomic mass is 10.4. The summed E-state index contributed by atoms with van der Waals surface area (Å²) in [6, 6.07) is 4.14. The van der Waals surface area contributed by atoms with Crippen LogP contribution in [0.2, 0.25) is 0 Å². The Labute approximate surface area is 87.0 Å². The van der Waals surface area contributed by atoms with Crippen LogP contribution in [0, 0.1) is 0 Å². The number of morpholine rings is 1. The number of nitrogens with zero attached hydrogens (tertiary/aromatic N) is 2. The van der Waals surface area contributed by atoms with Gasteiger partial charge in [-0.25, -0.2) is 0 Å². The third kappa shape index (κ3) is 2.05. The lowest BCUT2D eigenvalue weighted by Gasteiger charge is -2.27. The molecule has 0 bridgehead atoms. The Morgan fingerprint density at radius 1 is 1.43 bits per heavy atom. The van der Waals surface area contributed by atoms with Gasteiger partial charge >= 0.3 is 0 Å². The van der Waals surface area contributed by atoms with Gasteiger partial charge in [-0.3, -0.25) is 0 Å². The topological polar surface area (TPSA) is 50.8 Å². The lowest BCUT2D eigenvalue weighted by Crippen LogP contribution is -2.35. The predicted octanol–water partition coefficient (Wildman–Crippen LogP) is 0.877. The highest BCUT2D eigenvalue weighted by Gasteiger charge is 2.12. The molecule has 0 aromatic carbocycles. The summed E-state index contributed by atoms with van der Waals surface area (Å²) in [5.41, 5.74) is 0. The van der Waals surface area contributed by atoms with Gasteiger partial charge in [0.15, 0.2) is 0 Å². The predicted molar refractivity (Wildman–Crippen MR) is 59.1 cm³/mol. The molecular formula is C9H13N3OS. The van der Waals surface area contributed by atoms with Gasteiger partial charge in [-0.05, 0) is 12.1 Å². The molecule has 0 aliphatic carbocycles. The Hall–Kier alpha value is -1.07. The van der Waals surface area contributed by atoms with E-state index in [0.29, 0.717) is 0 Å². The van der Waals surface area contributed by atoms with Crippen molar-refractivity contribution in [3.63, 3.8) is 0 Å². The lowest BCUT2D eigenvalue weighted by molar-refractivity contribution is 0.123. The van der Waals surface area contributed by atoms with E-state index in [1.807, 2.05) is 6.07 Å². The molecule has 1 fully saturated rings. The minimum Gasteiger partial charge on any atom is -0.378 e. The van der Waals surface area contributed by atoms with Crippen molar-refractivity contribution >= 4 is 22.6 Å². The largest absolute Gasteiger partial charge is 0.378 e. The molecule has 1 aliphatic rings. The van der Waals surface area contributed by atoms with E-state index in [1.54, 1.807) is 17.6 Å². The van der Waals surface area contributed by atoms with Gasteiger partial charge in [0.2, 0.25) is 0 Å². The van der Waals surface area contributed by atoms with Crippen LogP contribution in [0.1, 0.15) is 4.88 Å². The standard InChI is InChI=1S/C9H13N3OS/c10-11-7-8-1-2-9(14-8)12-3-5-13-6-4-12/h1-2,7H,3-6,10H2/b11-7-. The smallest absolute Gasteiger partial charge is 0.0916 e. The maximum atomic E-state index is 5.29. The van der Waals surface area contributed by atoms with Crippen LogP contribution in [-0.4, -0.2) is 32.5 Å². The van der Waals surface area contributed by atoms with E-state index in [9.17, 15) is 0 Å². The van der Waals surface area contributed by atoms with Crippen LogP contribution in [0.25, 0.3) is 0 Å². The Morgan fingerprint density at radius 2 is 2.21 bits per heavy atom. The molecule has 0 radical (unpaired) electrons. The van der Waals surface area contributed by atoms with E-state index in [-0.39, 0.29) is 0 Å². The first kappa shape index (κ1) is 9.48. The summed E-state index contributed by atoms with van der Waals surface area (Å²) in [5, 5.41) is 4.77. The minimum absolute atomic E-state index is 0.818. The zero-order valence-electron chi connectivity index (χ0n) is 7.85. The molecule has 0 spiro atoms. The summed E-state index contributed by atoms with van der Waals surface area (Å²) in [6.45, 7) is 3.58. The Bertz CT molecular complexity index is 318. The Morgan fingerprint density at radius 3 is 2.93 bits per heavy atom. The van der Waals surface area contributed by atoms with Crippen molar-refractivity contribution < 1.29 is 4.74 Å². The Balaban J connectivity index is 2.07. The zero-order chi connectivity index (χ0) is 9.80. The first-order chi connectivity index (χ1) is 6.90. The molecule has 0 amide bonds. The number of thiophene rings is 1. The molecule has 2 N–H and O–H groups in total. The summed E-state index contributed by atoms with van der Waals surface area (Å²) >= 11 is 1.71. The molecular weight excluding hydrogens is 198 g/mol. The van der Waals surface area contributed by atoms with Crippen molar-refractivity contribution in [2.75, 3.05) is 31.2 Å². The highest BCUT2D eigenvalue weighted by Crippen LogP contribution is 2.25. The number of ether oxygens (including phenoxy) is 1. The summed E-state index contributed by atoms with van der Waals surface area (Å²) in [6.07, 6.45) is 1.68. The van der Waals surface area contributed by atoms with E-state index in [2.05, 4.69) is 16.1 Å². The van der Waals surface area contributed by atoms with Gasteiger partial charge in [0.25, 0.3) is 0 Å². The van der Waals surface area contributed by atoms with E-state index in [4.69, 9.17) is 10.6 Å². The van der Waals surface area contributed by atoms with E-state index in [0.717, 1.165) is 31.2 Å². The van der Waals surface area contributed by atoms with Gasteiger partial charge < -0.3 is 15.5 Å². The first-order valence-electron chi connectivity index (χ1n) is 4.56. The van der Waals surface area contributed by atoms with E-state index >= 15 is 0 Å². The fourth-order valence-corrected chi connectivity index (χ4v) is 2.38. The molecule has 0 atom stereocenters. The number of nitrogens with two attached hydrogens (primary N) is 1. The zero-order valence-corrected chi connectivity index (χ0v) is 8.67. The molecule has 1 aromatic rings.